The van der Waals surface area contributed by atoms with E-state index in [9.17, 15) is 9.90 Å². The van der Waals surface area contributed by atoms with Crippen LogP contribution in [0.1, 0.15) is 19.0 Å². The topological polar surface area (TPSA) is 50.2 Å². The zero-order chi connectivity index (χ0) is 16.9. The van der Waals surface area contributed by atoms with Crippen LogP contribution in [-0.4, -0.2) is 15.9 Å². The Morgan fingerprint density at radius 2 is 2.04 bits per heavy atom. The third-order valence-electron chi connectivity index (χ3n) is 3.56. The van der Waals surface area contributed by atoms with Crippen LogP contribution in [0.15, 0.2) is 60.4 Å². The van der Waals surface area contributed by atoms with Gasteiger partial charge >= 0.3 is 0 Å². The van der Waals surface area contributed by atoms with Crippen molar-refractivity contribution in [2.24, 2.45) is 0 Å². The molecule has 0 amide bonds. The largest absolute Gasteiger partial charge is 0.512 e. The molecule has 121 valence electrons. The molecule has 3 nitrogen and oxygen atoms in total. The summed E-state index contributed by atoms with van der Waals surface area (Å²) in [6.07, 6.45) is 4.19. The van der Waals surface area contributed by atoms with E-state index in [4.69, 9.17) is 4.98 Å². The molecule has 1 aromatic carbocycles. The first-order valence-electron chi connectivity index (χ1n) is 7.78. The predicted molar refractivity (Wildman–Crippen MR) is 99.1 cm³/mol. The van der Waals surface area contributed by atoms with Crippen LogP contribution in [-0.2, 0) is 11.2 Å². The number of fused-ring (bicyclic) bond motifs is 1. The van der Waals surface area contributed by atoms with Crippen molar-refractivity contribution in [2.45, 2.75) is 19.8 Å². The molecule has 2 aromatic heterocycles. The number of hydrogen-bond acceptors (Lipinski definition) is 4. The van der Waals surface area contributed by atoms with Gasteiger partial charge in [-0.15, -0.1) is 11.3 Å². The van der Waals surface area contributed by atoms with E-state index in [1.807, 2.05) is 36.8 Å². The molecule has 0 saturated heterocycles. The maximum atomic E-state index is 10.9. The van der Waals surface area contributed by atoms with Crippen LogP contribution in [0.5, 0.6) is 0 Å². The van der Waals surface area contributed by atoms with Crippen molar-refractivity contribution in [3.63, 3.8) is 0 Å². The van der Waals surface area contributed by atoms with Crippen molar-refractivity contribution >= 4 is 27.2 Å². The minimum atomic E-state index is -0.147. The van der Waals surface area contributed by atoms with Crippen LogP contribution in [0.3, 0.4) is 0 Å². The maximum Gasteiger partial charge on any atom is 0.155 e. The molecule has 0 bridgehead atoms. The molecule has 4 heteroatoms. The highest BCUT2D eigenvalue weighted by Gasteiger charge is 2.06. The van der Waals surface area contributed by atoms with Gasteiger partial charge < -0.3 is 5.11 Å². The summed E-state index contributed by atoms with van der Waals surface area (Å²) in [5, 5.41) is 10.8. The second kappa shape index (κ2) is 7.41. The zero-order valence-electron chi connectivity index (χ0n) is 13.4. The molecule has 0 aliphatic heterocycles. The summed E-state index contributed by atoms with van der Waals surface area (Å²) in [4.78, 5) is 16.8. The molecule has 0 unspecified atom stereocenters. The summed E-state index contributed by atoms with van der Waals surface area (Å²) in [5.41, 5.74) is 1.91. The Labute approximate surface area is 145 Å². The van der Waals surface area contributed by atoms with Crippen LogP contribution in [0.25, 0.3) is 20.7 Å². The smallest absolute Gasteiger partial charge is 0.155 e. The average Bonchev–Trinajstić information content (AvgIpc) is 2.98. The molecular formula is C20H18NO2S. The van der Waals surface area contributed by atoms with Crippen molar-refractivity contribution in [2.75, 3.05) is 0 Å². The zero-order valence-corrected chi connectivity index (χ0v) is 14.2. The summed E-state index contributed by atoms with van der Waals surface area (Å²) in [6.45, 7) is 1.42. The molecule has 3 aromatic rings. The lowest BCUT2D eigenvalue weighted by Gasteiger charge is -2.03. The van der Waals surface area contributed by atoms with Gasteiger partial charge in [0.1, 0.15) is 0 Å². The van der Waals surface area contributed by atoms with Gasteiger partial charge in [-0.3, -0.25) is 9.78 Å². The second-order valence-corrected chi connectivity index (χ2v) is 6.69. The molecule has 24 heavy (non-hydrogen) atoms. The monoisotopic (exact) mass is 336 g/mol. The lowest BCUT2D eigenvalue weighted by Crippen LogP contribution is -1.95. The minimum Gasteiger partial charge on any atom is -0.512 e. The fraction of sp³-hybridized carbons (Fsp3) is 0.150. The number of allylic oxidation sites excluding steroid dienone is 2. The number of carbonyl (C=O) groups is 1. The van der Waals surface area contributed by atoms with Crippen molar-refractivity contribution in [1.82, 2.24) is 4.98 Å². The van der Waals surface area contributed by atoms with Gasteiger partial charge in [0.15, 0.2) is 5.78 Å². The number of pyridine rings is 1. The fourth-order valence-corrected chi connectivity index (χ4v) is 3.53. The minimum absolute atomic E-state index is 0.0863. The molecule has 1 N–H and O–H groups in total. The van der Waals surface area contributed by atoms with Gasteiger partial charge in [0.25, 0.3) is 0 Å². The van der Waals surface area contributed by atoms with E-state index in [1.165, 1.54) is 23.1 Å². The third kappa shape index (κ3) is 4.09. The quantitative estimate of drug-likeness (QED) is 0.501. The number of ketones is 1. The molecule has 1 radical (unpaired) electrons. The number of rotatable bonds is 6. The third-order valence-corrected chi connectivity index (χ3v) is 4.70. The molecule has 2 heterocycles. The Morgan fingerprint density at radius 3 is 2.83 bits per heavy atom. The van der Waals surface area contributed by atoms with Gasteiger partial charge in [-0.25, -0.2) is 0 Å². The molecule has 0 spiro atoms. The standard InChI is InChI=1S/C20H18NO2S/c1-14(22)12-17(23)9-4-7-16-8-5-10-18(21-16)20-13-15-6-2-3-11-19(15)24-20/h2-6,8,10-13,23H,7,9H2,1H3/b17-12-. The summed E-state index contributed by atoms with van der Waals surface area (Å²) < 4.78 is 1.26. The van der Waals surface area contributed by atoms with Crippen LogP contribution in [0.4, 0.5) is 0 Å². The highest BCUT2D eigenvalue weighted by atomic mass is 32.1. The second-order valence-electron chi connectivity index (χ2n) is 5.61. The van der Waals surface area contributed by atoms with Crippen LogP contribution < -0.4 is 0 Å². The number of aliphatic hydroxyl groups excluding tert-OH is 1. The summed E-state index contributed by atoms with van der Waals surface area (Å²) in [6, 6.07) is 16.5. The number of carbonyl (C=O) groups excluding carboxylic acids is 1. The lowest BCUT2D eigenvalue weighted by molar-refractivity contribution is -0.112. The fourth-order valence-electron chi connectivity index (χ4n) is 2.50. The molecule has 0 fully saturated rings. The Morgan fingerprint density at radius 1 is 1.21 bits per heavy atom. The summed E-state index contributed by atoms with van der Waals surface area (Å²) in [7, 11) is 0. The van der Waals surface area contributed by atoms with Gasteiger partial charge in [0, 0.05) is 22.9 Å². The normalized spacial score (nSPS) is 11.8. The number of aliphatic hydroxyl groups is 1. The molecular weight excluding hydrogens is 318 g/mol. The first kappa shape index (κ1) is 16.4. The Hall–Kier alpha value is -2.46. The number of thiophene rings is 1. The highest BCUT2D eigenvalue weighted by Crippen LogP contribution is 2.32. The highest BCUT2D eigenvalue weighted by molar-refractivity contribution is 7.22. The Kier molecular flexibility index (Phi) is 5.06. The molecule has 3 rings (SSSR count). The first-order chi connectivity index (χ1) is 11.6. The van der Waals surface area contributed by atoms with Crippen LogP contribution in [0, 0.1) is 6.42 Å². The van der Waals surface area contributed by atoms with E-state index in [1.54, 1.807) is 11.3 Å². The number of benzene rings is 1. The molecule has 0 aliphatic rings. The van der Waals surface area contributed by atoms with E-state index < -0.39 is 0 Å². The van der Waals surface area contributed by atoms with E-state index in [0.29, 0.717) is 12.8 Å². The van der Waals surface area contributed by atoms with Crippen molar-refractivity contribution < 1.29 is 9.90 Å². The Balaban J connectivity index is 1.71. The predicted octanol–water partition coefficient (Wildman–Crippen LogP) is 5.13. The van der Waals surface area contributed by atoms with E-state index in [0.717, 1.165) is 16.3 Å². The number of aromatic nitrogens is 1. The Bertz CT molecular complexity index is 862. The van der Waals surface area contributed by atoms with E-state index in [2.05, 4.69) is 18.2 Å². The lowest BCUT2D eigenvalue weighted by atomic mass is 10.1. The average molecular weight is 336 g/mol. The molecule has 0 atom stereocenters. The van der Waals surface area contributed by atoms with Gasteiger partial charge in [0.2, 0.25) is 0 Å². The van der Waals surface area contributed by atoms with E-state index in [-0.39, 0.29) is 11.5 Å². The van der Waals surface area contributed by atoms with E-state index >= 15 is 0 Å². The maximum absolute atomic E-state index is 10.9. The van der Waals surface area contributed by atoms with Crippen molar-refractivity contribution in [3.05, 3.63) is 72.5 Å². The number of nitrogens with zero attached hydrogens (tertiary/aromatic N) is 1. The summed E-state index contributed by atoms with van der Waals surface area (Å²) >= 11 is 1.74. The SMILES string of the molecule is CC(=O)/C=C(\O)C[CH]Cc1cccc(-c2cc3ccccc3s2)n1. The first-order valence-corrected chi connectivity index (χ1v) is 8.60. The molecule has 0 aliphatic carbocycles. The van der Waals surface area contributed by atoms with Crippen molar-refractivity contribution in [3.8, 4) is 10.6 Å². The van der Waals surface area contributed by atoms with Crippen LogP contribution in [0.2, 0.25) is 0 Å². The van der Waals surface area contributed by atoms with Gasteiger partial charge in [0.05, 0.1) is 16.3 Å². The van der Waals surface area contributed by atoms with Gasteiger partial charge in [-0.1, -0.05) is 24.3 Å². The van der Waals surface area contributed by atoms with Crippen molar-refractivity contribution in [1.29, 1.82) is 0 Å². The molecule has 0 saturated carbocycles. The van der Waals surface area contributed by atoms with Crippen LogP contribution >= 0.6 is 11.3 Å². The summed E-state index contributed by atoms with van der Waals surface area (Å²) in [5.74, 6) is -0.0612. The van der Waals surface area contributed by atoms with Gasteiger partial charge in [-0.2, -0.15) is 0 Å². The van der Waals surface area contributed by atoms with Gasteiger partial charge in [-0.05, 0) is 49.4 Å². The number of hydrogen-bond donors (Lipinski definition) is 1.